The highest BCUT2D eigenvalue weighted by atomic mass is 79.9. The second-order valence-electron chi connectivity index (χ2n) is 9.81. The molecule has 4 rings (SSSR count). The Labute approximate surface area is 152 Å². The average Bonchev–Trinajstić information content (AvgIpc) is 2.91. The summed E-state index contributed by atoms with van der Waals surface area (Å²) < 4.78 is 0. The Morgan fingerprint density at radius 3 is 2.74 bits per heavy atom. The molecule has 1 unspecified atom stereocenters. The van der Waals surface area contributed by atoms with Crippen molar-refractivity contribution in [2.24, 2.45) is 40.4 Å². The molecule has 0 aliphatic heterocycles. The van der Waals surface area contributed by atoms with Crippen LogP contribution in [-0.2, 0) is 0 Å². The summed E-state index contributed by atoms with van der Waals surface area (Å²) >= 11 is 3.78. The third-order valence-electron chi connectivity index (χ3n) is 9.03. The summed E-state index contributed by atoms with van der Waals surface area (Å²) in [5.74, 6) is 4.86. The maximum Gasteiger partial charge on any atom is 0.00598 e. The van der Waals surface area contributed by atoms with Gasteiger partial charge >= 0.3 is 0 Å². The lowest BCUT2D eigenvalue weighted by molar-refractivity contribution is -0.0570. The van der Waals surface area contributed by atoms with Crippen LogP contribution in [0.5, 0.6) is 0 Å². The van der Waals surface area contributed by atoms with Crippen LogP contribution in [0.15, 0.2) is 11.6 Å². The molecule has 3 saturated carbocycles. The average molecular weight is 379 g/mol. The highest BCUT2D eigenvalue weighted by Gasteiger charge is 2.58. The maximum atomic E-state index is 3.78. The molecule has 0 spiro atoms. The standard InChI is InChI=1S/C22H35Br/c1-15(14-23)18-9-10-19-17-8-7-16-6-4-5-12-21(16,2)20(17)11-13-22(18,19)3/h6,15,17-20H,4-5,7-14H2,1-3H3/t15?,17-,18+,19-,20-,21-,22+/m0/s1. The topological polar surface area (TPSA) is 0 Å². The summed E-state index contributed by atoms with van der Waals surface area (Å²) in [7, 11) is 0. The van der Waals surface area contributed by atoms with Gasteiger partial charge in [0, 0.05) is 5.33 Å². The minimum atomic E-state index is 0.571. The van der Waals surface area contributed by atoms with Crippen LogP contribution in [-0.4, -0.2) is 5.33 Å². The van der Waals surface area contributed by atoms with Gasteiger partial charge < -0.3 is 0 Å². The first kappa shape index (κ1) is 16.7. The number of hydrogen-bond donors (Lipinski definition) is 0. The van der Waals surface area contributed by atoms with Crippen molar-refractivity contribution in [2.45, 2.75) is 78.6 Å². The Balaban J connectivity index is 1.63. The van der Waals surface area contributed by atoms with E-state index >= 15 is 0 Å². The molecule has 4 aliphatic carbocycles. The molecule has 1 heteroatoms. The lowest BCUT2D eigenvalue weighted by atomic mass is 9.46. The largest absolute Gasteiger partial charge is 0.0925 e. The first-order valence-corrected chi connectivity index (χ1v) is 11.4. The van der Waals surface area contributed by atoms with E-state index in [1.165, 1.54) is 63.1 Å². The van der Waals surface area contributed by atoms with E-state index in [9.17, 15) is 0 Å². The zero-order chi connectivity index (χ0) is 16.2. The highest BCUT2D eigenvalue weighted by molar-refractivity contribution is 9.09. The molecule has 130 valence electrons. The molecule has 0 aromatic carbocycles. The van der Waals surface area contributed by atoms with Crippen molar-refractivity contribution in [3.05, 3.63) is 11.6 Å². The van der Waals surface area contributed by atoms with Gasteiger partial charge in [0.25, 0.3) is 0 Å². The van der Waals surface area contributed by atoms with E-state index in [2.05, 4.69) is 42.8 Å². The first-order chi connectivity index (χ1) is 11.0. The number of hydrogen-bond acceptors (Lipinski definition) is 0. The smallest absolute Gasteiger partial charge is 0.00598 e. The molecule has 7 atom stereocenters. The van der Waals surface area contributed by atoms with E-state index < -0.39 is 0 Å². The fraction of sp³-hybridized carbons (Fsp3) is 0.909. The van der Waals surface area contributed by atoms with E-state index in [4.69, 9.17) is 0 Å². The Morgan fingerprint density at radius 1 is 1.13 bits per heavy atom. The third kappa shape index (κ3) is 2.35. The van der Waals surface area contributed by atoms with Crippen molar-refractivity contribution in [1.82, 2.24) is 0 Å². The molecular formula is C22H35Br. The van der Waals surface area contributed by atoms with E-state index in [0.29, 0.717) is 10.8 Å². The van der Waals surface area contributed by atoms with E-state index in [1.807, 2.05) is 5.57 Å². The maximum absolute atomic E-state index is 3.78. The van der Waals surface area contributed by atoms with Crippen molar-refractivity contribution >= 4 is 15.9 Å². The van der Waals surface area contributed by atoms with Gasteiger partial charge in [0.1, 0.15) is 0 Å². The van der Waals surface area contributed by atoms with Gasteiger partial charge in [-0.3, -0.25) is 0 Å². The summed E-state index contributed by atoms with van der Waals surface area (Å²) in [4.78, 5) is 0. The normalized spacial score (nSPS) is 50.5. The molecule has 0 aromatic rings. The van der Waals surface area contributed by atoms with E-state index in [1.54, 1.807) is 0 Å². The molecule has 0 nitrogen and oxygen atoms in total. The molecule has 0 aromatic heterocycles. The Bertz CT molecular complexity index is 494. The highest BCUT2D eigenvalue weighted by Crippen LogP contribution is 2.67. The summed E-state index contributed by atoms with van der Waals surface area (Å²) in [6.45, 7) is 7.81. The lowest BCUT2D eigenvalue weighted by Gasteiger charge is -2.58. The van der Waals surface area contributed by atoms with Crippen LogP contribution in [0.3, 0.4) is 0 Å². The van der Waals surface area contributed by atoms with Gasteiger partial charge in [-0.15, -0.1) is 0 Å². The molecule has 0 heterocycles. The van der Waals surface area contributed by atoms with Gasteiger partial charge in [-0.2, -0.15) is 0 Å². The number of fused-ring (bicyclic) bond motifs is 5. The molecule has 0 saturated heterocycles. The van der Waals surface area contributed by atoms with Crippen molar-refractivity contribution in [3.63, 3.8) is 0 Å². The van der Waals surface area contributed by atoms with Gasteiger partial charge in [-0.25, -0.2) is 0 Å². The number of allylic oxidation sites excluding steroid dienone is 2. The molecular weight excluding hydrogens is 344 g/mol. The van der Waals surface area contributed by atoms with Crippen molar-refractivity contribution < 1.29 is 0 Å². The SMILES string of the molecule is CC(CBr)[C@H]1CC[C@H]2[C@@H]3CCC4=CCCC[C@]4(C)[C@H]3CC[C@]12C. The zero-order valence-electron chi connectivity index (χ0n) is 15.4. The minimum Gasteiger partial charge on any atom is -0.0925 e. The first-order valence-electron chi connectivity index (χ1n) is 10.3. The van der Waals surface area contributed by atoms with Crippen molar-refractivity contribution in [3.8, 4) is 0 Å². The quantitative estimate of drug-likeness (QED) is 0.358. The van der Waals surface area contributed by atoms with Crippen LogP contribution < -0.4 is 0 Å². The van der Waals surface area contributed by atoms with Gasteiger partial charge in [0.15, 0.2) is 0 Å². The molecule has 0 radical (unpaired) electrons. The lowest BCUT2D eigenvalue weighted by Crippen LogP contribution is -2.50. The summed E-state index contributed by atoms with van der Waals surface area (Å²) in [5, 5.41) is 1.19. The van der Waals surface area contributed by atoms with Crippen LogP contribution in [0.25, 0.3) is 0 Å². The van der Waals surface area contributed by atoms with Crippen LogP contribution in [0.1, 0.15) is 78.6 Å². The predicted octanol–water partition coefficient (Wildman–Crippen LogP) is 6.99. The summed E-state index contributed by atoms with van der Waals surface area (Å²) in [5.41, 5.74) is 3.07. The van der Waals surface area contributed by atoms with Gasteiger partial charge in [-0.05, 0) is 98.2 Å². The number of alkyl halides is 1. The fourth-order valence-corrected chi connectivity index (χ4v) is 8.29. The molecule has 4 aliphatic rings. The predicted molar refractivity (Wildman–Crippen MR) is 103 cm³/mol. The van der Waals surface area contributed by atoms with Crippen molar-refractivity contribution in [1.29, 1.82) is 0 Å². The Hall–Kier alpha value is 0.220. The third-order valence-corrected chi connectivity index (χ3v) is 10.1. The fourth-order valence-electron chi connectivity index (χ4n) is 7.84. The second kappa shape index (κ2) is 5.89. The summed E-state index contributed by atoms with van der Waals surface area (Å²) in [6.07, 6.45) is 15.9. The number of halogens is 1. The second-order valence-corrected chi connectivity index (χ2v) is 10.5. The van der Waals surface area contributed by atoms with Crippen LogP contribution in [0.2, 0.25) is 0 Å². The van der Waals surface area contributed by atoms with E-state index in [-0.39, 0.29) is 0 Å². The van der Waals surface area contributed by atoms with Gasteiger partial charge in [0.2, 0.25) is 0 Å². The van der Waals surface area contributed by atoms with Crippen LogP contribution in [0.4, 0.5) is 0 Å². The Morgan fingerprint density at radius 2 is 1.96 bits per heavy atom. The van der Waals surface area contributed by atoms with Gasteiger partial charge in [-0.1, -0.05) is 48.4 Å². The monoisotopic (exact) mass is 378 g/mol. The zero-order valence-corrected chi connectivity index (χ0v) is 17.0. The van der Waals surface area contributed by atoms with Gasteiger partial charge in [0.05, 0.1) is 0 Å². The molecule has 0 bridgehead atoms. The molecule has 23 heavy (non-hydrogen) atoms. The van der Waals surface area contributed by atoms with Crippen LogP contribution >= 0.6 is 15.9 Å². The van der Waals surface area contributed by atoms with Crippen molar-refractivity contribution in [2.75, 3.05) is 5.33 Å². The minimum absolute atomic E-state index is 0.571. The molecule has 3 fully saturated rings. The molecule has 0 amide bonds. The number of rotatable bonds is 2. The molecule has 0 N–H and O–H groups in total. The van der Waals surface area contributed by atoms with Crippen LogP contribution in [0, 0.1) is 40.4 Å². The Kier molecular flexibility index (Phi) is 4.27. The summed E-state index contributed by atoms with van der Waals surface area (Å²) in [6, 6.07) is 0. The van der Waals surface area contributed by atoms with E-state index in [0.717, 1.165) is 29.6 Å².